The van der Waals surface area contributed by atoms with E-state index in [0.29, 0.717) is 22.2 Å². The lowest BCUT2D eigenvalue weighted by Crippen LogP contribution is -2.17. The molecule has 3 aromatic heterocycles. The van der Waals surface area contributed by atoms with Crippen LogP contribution in [-0.4, -0.2) is 25.5 Å². The molecular weight excluding hydrogens is 398 g/mol. The maximum Gasteiger partial charge on any atom is 0.272 e. The van der Waals surface area contributed by atoms with Crippen molar-refractivity contribution in [3.63, 3.8) is 0 Å². The summed E-state index contributed by atoms with van der Waals surface area (Å²) >= 11 is 7.33. The van der Waals surface area contributed by atoms with Crippen LogP contribution in [0.5, 0.6) is 0 Å². The highest BCUT2D eigenvalue weighted by atomic mass is 35.5. The molecule has 7 nitrogen and oxygen atoms in total. The Labute approximate surface area is 168 Å². The van der Waals surface area contributed by atoms with Gasteiger partial charge in [0.15, 0.2) is 5.65 Å². The SMILES string of the molecule is O=C(Nc1ccc(Cl)cc1)c1c[nH]n2c(=O)cc(CSc3ccccn3)nc12. The van der Waals surface area contributed by atoms with Gasteiger partial charge in [-0.1, -0.05) is 17.7 Å². The Morgan fingerprint density at radius 2 is 2.04 bits per heavy atom. The lowest BCUT2D eigenvalue weighted by atomic mass is 10.2. The molecule has 28 heavy (non-hydrogen) atoms. The lowest BCUT2D eigenvalue weighted by molar-refractivity contribution is 0.102. The third kappa shape index (κ3) is 3.92. The molecule has 2 N–H and O–H groups in total. The number of aromatic nitrogens is 4. The molecule has 0 fully saturated rings. The van der Waals surface area contributed by atoms with Crippen molar-refractivity contribution in [1.82, 2.24) is 19.6 Å². The molecule has 140 valence electrons. The molecule has 0 unspecified atom stereocenters. The summed E-state index contributed by atoms with van der Waals surface area (Å²) in [5.41, 5.74) is 1.43. The first-order valence-corrected chi connectivity index (χ1v) is 9.67. The van der Waals surface area contributed by atoms with Crippen LogP contribution < -0.4 is 10.9 Å². The zero-order valence-corrected chi connectivity index (χ0v) is 16.0. The number of thioether (sulfide) groups is 1. The number of nitrogens with one attached hydrogen (secondary N) is 2. The average Bonchev–Trinajstić information content (AvgIpc) is 3.14. The van der Waals surface area contributed by atoms with E-state index in [1.165, 1.54) is 28.5 Å². The molecule has 0 aliphatic carbocycles. The zero-order chi connectivity index (χ0) is 19.5. The normalized spacial score (nSPS) is 10.9. The summed E-state index contributed by atoms with van der Waals surface area (Å²) in [5, 5.41) is 6.96. The number of amides is 1. The van der Waals surface area contributed by atoms with Gasteiger partial charge in [-0.25, -0.2) is 14.5 Å². The van der Waals surface area contributed by atoms with Crippen molar-refractivity contribution in [1.29, 1.82) is 0 Å². The van der Waals surface area contributed by atoms with Gasteiger partial charge in [0.1, 0.15) is 5.56 Å². The molecule has 0 radical (unpaired) electrons. The van der Waals surface area contributed by atoms with Crippen molar-refractivity contribution in [2.24, 2.45) is 0 Å². The van der Waals surface area contributed by atoms with Gasteiger partial charge in [0.05, 0.1) is 10.7 Å². The Morgan fingerprint density at radius 1 is 1.21 bits per heavy atom. The quantitative estimate of drug-likeness (QED) is 0.489. The van der Waals surface area contributed by atoms with Crippen LogP contribution in [-0.2, 0) is 5.75 Å². The molecule has 0 aliphatic rings. The minimum Gasteiger partial charge on any atom is -0.322 e. The molecular formula is C19H14ClN5O2S. The van der Waals surface area contributed by atoms with Crippen LogP contribution in [0.3, 0.4) is 0 Å². The van der Waals surface area contributed by atoms with Gasteiger partial charge < -0.3 is 5.32 Å². The molecule has 0 saturated heterocycles. The molecule has 0 saturated carbocycles. The van der Waals surface area contributed by atoms with E-state index >= 15 is 0 Å². The topological polar surface area (TPSA) is 92.2 Å². The molecule has 4 aromatic rings. The number of aromatic amines is 1. The monoisotopic (exact) mass is 411 g/mol. The van der Waals surface area contributed by atoms with E-state index in [9.17, 15) is 9.59 Å². The number of hydrogen-bond donors (Lipinski definition) is 2. The van der Waals surface area contributed by atoms with Gasteiger partial charge in [-0.3, -0.25) is 14.7 Å². The van der Waals surface area contributed by atoms with Crippen LogP contribution in [0, 0.1) is 0 Å². The number of H-pyrrole nitrogens is 1. The van der Waals surface area contributed by atoms with E-state index in [0.717, 1.165) is 5.03 Å². The van der Waals surface area contributed by atoms with Crippen molar-refractivity contribution in [3.05, 3.63) is 87.6 Å². The second-order valence-electron chi connectivity index (χ2n) is 5.85. The van der Waals surface area contributed by atoms with Gasteiger partial charge in [-0.05, 0) is 36.4 Å². The molecule has 0 atom stereocenters. The summed E-state index contributed by atoms with van der Waals surface area (Å²) in [4.78, 5) is 33.7. The van der Waals surface area contributed by atoms with E-state index in [4.69, 9.17) is 11.6 Å². The van der Waals surface area contributed by atoms with Crippen LogP contribution in [0.2, 0.25) is 5.02 Å². The van der Waals surface area contributed by atoms with Gasteiger partial charge in [-0.15, -0.1) is 11.8 Å². The second kappa shape index (κ2) is 7.87. The van der Waals surface area contributed by atoms with Crippen molar-refractivity contribution < 1.29 is 4.79 Å². The number of carbonyl (C=O) groups excluding carboxylic acids is 1. The first-order valence-electron chi connectivity index (χ1n) is 8.31. The highest BCUT2D eigenvalue weighted by Crippen LogP contribution is 2.20. The van der Waals surface area contributed by atoms with E-state index < -0.39 is 0 Å². The number of nitrogens with zero attached hydrogens (tertiary/aromatic N) is 3. The molecule has 1 aromatic carbocycles. The van der Waals surface area contributed by atoms with E-state index in [2.05, 4.69) is 20.4 Å². The van der Waals surface area contributed by atoms with Gasteiger partial charge >= 0.3 is 0 Å². The number of rotatable bonds is 5. The van der Waals surface area contributed by atoms with Gasteiger partial charge in [0, 0.05) is 34.9 Å². The number of hydrogen-bond acceptors (Lipinski definition) is 5. The van der Waals surface area contributed by atoms with E-state index in [1.807, 2.05) is 18.2 Å². The van der Waals surface area contributed by atoms with Crippen molar-refractivity contribution in [3.8, 4) is 0 Å². The first kappa shape index (κ1) is 18.3. The number of carbonyl (C=O) groups is 1. The third-order valence-electron chi connectivity index (χ3n) is 3.90. The fraction of sp³-hybridized carbons (Fsp3) is 0.0526. The summed E-state index contributed by atoms with van der Waals surface area (Å²) in [6, 6.07) is 13.8. The fourth-order valence-electron chi connectivity index (χ4n) is 2.58. The maximum absolute atomic E-state index is 12.6. The second-order valence-corrected chi connectivity index (χ2v) is 7.28. The smallest absolute Gasteiger partial charge is 0.272 e. The largest absolute Gasteiger partial charge is 0.322 e. The summed E-state index contributed by atoms with van der Waals surface area (Å²) < 4.78 is 1.24. The molecule has 3 heterocycles. The minimum atomic E-state index is -0.373. The van der Waals surface area contributed by atoms with E-state index in [1.54, 1.807) is 30.5 Å². The third-order valence-corrected chi connectivity index (χ3v) is 5.13. The summed E-state index contributed by atoms with van der Waals surface area (Å²) in [6.07, 6.45) is 3.17. The fourth-order valence-corrected chi connectivity index (χ4v) is 3.46. The Morgan fingerprint density at radius 3 is 2.79 bits per heavy atom. The van der Waals surface area contributed by atoms with E-state index in [-0.39, 0.29) is 22.7 Å². The predicted octanol–water partition coefficient (Wildman–Crippen LogP) is 3.62. The summed E-state index contributed by atoms with van der Waals surface area (Å²) in [6.45, 7) is 0. The standard InChI is InChI=1S/C19H14ClN5O2S/c20-12-4-6-13(7-5-12)24-19(27)15-10-22-25-17(26)9-14(23-18(15)25)11-28-16-3-1-2-8-21-16/h1-10,22H,11H2,(H,24,27). The van der Waals surface area contributed by atoms with Crippen molar-refractivity contribution >= 4 is 40.6 Å². The van der Waals surface area contributed by atoms with Gasteiger partial charge in [0.2, 0.25) is 0 Å². The lowest BCUT2D eigenvalue weighted by Gasteiger charge is -2.05. The molecule has 9 heteroatoms. The Hall–Kier alpha value is -3.10. The minimum absolute atomic E-state index is 0.274. The van der Waals surface area contributed by atoms with Crippen LogP contribution in [0.15, 0.2) is 70.7 Å². The number of halogens is 1. The zero-order valence-electron chi connectivity index (χ0n) is 14.4. The number of fused-ring (bicyclic) bond motifs is 1. The maximum atomic E-state index is 12.6. The first-order chi connectivity index (χ1) is 13.6. The Balaban J connectivity index is 1.60. The molecule has 0 bridgehead atoms. The molecule has 0 aliphatic heterocycles. The Bertz CT molecular complexity index is 1190. The van der Waals surface area contributed by atoms with Crippen molar-refractivity contribution in [2.45, 2.75) is 10.8 Å². The van der Waals surface area contributed by atoms with Crippen LogP contribution >= 0.6 is 23.4 Å². The average molecular weight is 412 g/mol. The highest BCUT2D eigenvalue weighted by Gasteiger charge is 2.16. The summed E-state index contributed by atoms with van der Waals surface area (Å²) in [5.74, 6) is 0.0918. The summed E-state index contributed by atoms with van der Waals surface area (Å²) in [7, 11) is 0. The molecule has 1 amide bonds. The number of pyridine rings is 1. The van der Waals surface area contributed by atoms with Gasteiger partial charge in [-0.2, -0.15) is 0 Å². The van der Waals surface area contributed by atoms with Crippen LogP contribution in [0.4, 0.5) is 5.69 Å². The van der Waals surface area contributed by atoms with Crippen LogP contribution in [0.1, 0.15) is 16.1 Å². The predicted molar refractivity (Wildman–Crippen MR) is 109 cm³/mol. The van der Waals surface area contributed by atoms with Crippen LogP contribution in [0.25, 0.3) is 5.65 Å². The van der Waals surface area contributed by atoms with Crippen molar-refractivity contribution in [2.75, 3.05) is 5.32 Å². The Kier molecular flexibility index (Phi) is 5.14. The highest BCUT2D eigenvalue weighted by molar-refractivity contribution is 7.98. The molecule has 0 spiro atoms. The van der Waals surface area contributed by atoms with Gasteiger partial charge in [0.25, 0.3) is 11.5 Å². The molecule has 4 rings (SSSR count). The number of anilines is 1. The number of benzene rings is 1.